The molecule has 1 aromatic rings. The minimum atomic E-state index is -0.199. The molecule has 5 nitrogen and oxygen atoms in total. The van der Waals surface area contributed by atoms with Crippen LogP contribution >= 0.6 is 15.9 Å². The van der Waals surface area contributed by atoms with Gasteiger partial charge in [0, 0.05) is 24.0 Å². The van der Waals surface area contributed by atoms with E-state index in [9.17, 15) is 4.79 Å². The highest BCUT2D eigenvalue weighted by atomic mass is 79.9. The number of hydrogen-bond acceptors (Lipinski definition) is 4. The van der Waals surface area contributed by atoms with Crippen LogP contribution in [0.3, 0.4) is 0 Å². The third kappa shape index (κ3) is 4.03. The Kier molecular flexibility index (Phi) is 6.64. The van der Waals surface area contributed by atoms with E-state index in [1.165, 1.54) is 21.3 Å². The van der Waals surface area contributed by atoms with E-state index in [4.69, 9.17) is 14.2 Å². The number of methoxy groups -OCH3 is 3. The van der Waals surface area contributed by atoms with Crippen LogP contribution in [0.5, 0.6) is 17.2 Å². The summed E-state index contributed by atoms with van der Waals surface area (Å²) >= 11 is 3.38. The summed E-state index contributed by atoms with van der Waals surface area (Å²) in [6.07, 6.45) is 0. The lowest BCUT2D eigenvalue weighted by atomic mass is 10.1. The van der Waals surface area contributed by atoms with Crippen molar-refractivity contribution < 1.29 is 19.0 Å². The first-order chi connectivity index (χ1) is 9.57. The molecule has 20 heavy (non-hydrogen) atoms. The molecule has 0 radical (unpaired) electrons. The third-order valence-electron chi connectivity index (χ3n) is 2.82. The molecule has 1 unspecified atom stereocenters. The summed E-state index contributed by atoms with van der Waals surface area (Å²) in [4.78, 5) is 12.2. The Morgan fingerprint density at radius 2 is 1.70 bits per heavy atom. The number of amides is 1. The van der Waals surface area contributed by atoms with E-state index in [1.807, 2.05) is 6.92 Å². The summed E-state index contributed by atoms with van der Waals surface area (Å²) in [6.45, 7) is 2.63. The summed E-state index contributed by atoms with van der Waals surface area (Å²) < 4.78 is 15.6. The lowest BCUT2D eigenvalue weighted by Crippen LogP contribution is -2.29. The highest BCUT2D eigenvalue weighted by molar-refractivity contribution is 9.09. The van der Waals surface area contributed by atoms with E-state index in [-0.39, 0.29) is 5.91 Å². The standard InChI is InChI=1S/C14H20BrNO4/c1-9(7-15)8-16-14(17)10-5-12(19-3)13(20-4)6-11(10)18-2/h5-6,9H,7-8H2,1-4H3,(H,16,17). The molecule has 1 rings (SSSR count). The van der Waals surface area contributed by atoms with Crippen LogP contribution in [0.4, 0.5) is 0 Å². The van der Waals surface area contributed by atoms with Gasteiger partial charge in [0.05, 0.1) is 26.9 Å². The molecule has 0 aromatic heterocycles. The van der Waals surface area contributed by atoms with E-state index >= 15 is 0 Å². The molecule has 112 valence electrons. The van der Waals surface area contributed by atoms with Gasteiger partial charge in [-0.1, -0.05) is 22.9 Å². The van der Waals surface area contributed by atoms with Crippen LogP contribution in [0.15, 0.2) is 12.1 Å². The van der Waals surface area contributed by atoms with Crippen molar-refractivity contribution in [1.82, 2.24) is 5.32 Å². The van der Waals surface area contributed by atoms with Gasteiger partial charge in [-0.15, -0.1) is 0 Å². The minimum Gasteiger partial charge on any atom is -0.496 e. The molecule has 0 aliphatic carbocycles. The minimum absolute atomic E-state index is 0.199. The van der Waals surface area contributed by atoms with Gasteiger partial charge in [-0.25, -0.2) is 0 Å². The lowest BCUT2D eigenvalue weighted by molar-refractivity contribution is 0.0946. The first-order valence-electron chi connectivity index (χ1n) is 6.21. The van der Waals surface area contributed by atoms with Crippen LogP contribution in [0.2, 0.25) is 0 Å². The fourth-order valence-corrected chi connectivity index (χ4v) is 1.85. The molecule has 1 amide bonds. The van der Waals surface area contributed by atoms with Gasteiger partial charge in [0.2, 0.25) is 0 Å². The first kappa shape index (κ1) is 16.6. The smallest absolute Gasteiger partial charge is 0.255 e. The molecule has 0 fully saturated rings. The Hall–Kier alpha value is -1.43. The number of rotatable bonds is 7. The normalized spacial score (nSPS) is 11.7. The topological polar surface area (TPSA) is 56.8 Å². The average molecular weight is 346 g/mol. The van der Waals surface area contributed by atoms with Crippen LogP contribution in [0.1, 0.15) is 17.3 Å². The van der Waals surface area contributed by atoms with Gasteiger partial charge in [-0.3, -0.25) is 4.79 Å². The molecule has 0 saturated heterocycles. The molecule has 0 aliphatic rings. The van der Waals surface area contributed by atoms with Crippen molar-refractivity contribution >= 4 is 21.8 Å². The van der Waals surface area contributed by atoms with Gasteiger partial charge in [0.25, 0.3) is 5.91 Å². The molecule has 1 aromatic carbocycles. The third-order valence-corrected chi connectivity index (χ3v) is 3.93. The molecule has 0 aliphatic heterocycles. The highest BCUT2D eigenvalue weighted by Gasteiger charge is 2.17. The largest absolute Gasteiger partial charge is 0.496 e. The molecule has 6 heteroatoms. The molecule has 0 heterocycles. The Labute approximate surface area is 127 Å². The maximum Gasteiger partial charge on any atom is 0.255 e. The Balaban J connectivity index is 3.00. The zero-order valence-corrected chi connectivity index (χ0v) is 13.7. The monoisotopic (exact) mass is 345 g/mol. The molecule has 1 atom stereocenters. The number of benzene rings is 1. The van der Waals surface area contributed by atoms with Crippen molar-refractivity contribution in [3.05, 3.63) is 17.7 Å². The van der Waals surface area contributed by atoms with E-state index in [0.717, 1.165) is 5.33 Å². The van der Waals surface area contributed by atoms with Gasteiger partial charge in [-0.05, 0) is 5.92 Å². The van der Waals surface area contributed by atoms with Crippen LogP contribution in [-0.4, -0.2) is 39.1 Å². The maximum atomic E-state index is 12.2. The van der Waals surface area contributed by atoms with Crippen molar-refractivity contribution in [2.45, 2.75) is 6.92 Å². The maximum absolute atomic E-state index is 12.2. The molecular weight excluding hydrogens is 326 g/mol. The fourth-order valence-electron chi connectivity index (χ4n) is 1.62. The number of halogens is 1. The van der Waals surface area contributed by atoms with Crippen LogP contribution < -0.4 is 19.5 Å². The molecule has 0 bridgehead atoms. The second-order valence-corrected chi connectivity index (χ2v) is 5.02. The first-order valence-corrected chi connectivity index (χ1v) is 7.33. The van der Waals surface area contributed by atoms with Crippen molar-refractivity contribution in [3.63, 3.8) is 0 Å². The molecular formula is C14H20BrNO4. The molecule has 1 N–H and O–H groups in total. The van der Waals surface area contributed by atoms with Gasteiger partial charge in [-0.2, -0.15) is 0 Å². The average Bonchev–Trinajstić information content (AvgIpc) is 2.50. The van der Waals surface area contributed by atoms with Gasteiger partial charge < -0.3 is 19.5 Å². The van der Waals surface area contributed by atoms with Crippen molar-refractivity contribution in [1.29, 1.82) is 0 Å². The molecule has 0 spiro atoms. The summed E-state index contributed by atoms with van der Waals surface area (Å²) in [7, 11) is 4.58. The van der Waals surface area contributed by atoms with Crippen molar-refractivity contribution in [2.75, 3.05) is 33.2 Å². The van der Waals surface area contributed by atoms with E-state index in [2.05, 4.69) is 21.2 Å². The number of carbonyl (C=O) groups excluding carboxylic acids is 1. The summed E-state index contributed by atoms with van der Waals surface area (Å²) in [5, 5.41) is 3.70. The predicted octanol–water partition coefficient (Wildman–Crippen LogP) is 2.47. The SMILES string of the molecule is COc1cc(OC)c(C(=O)NCC(C)CBr)cc1OC. The van der Waals surface area contributed by atoms with E-state index in [0.29, 0.717) is 35.3 Å². The lowest BCUT2D eigenvalue weighted by Gasteiger charge is -2.15. The zero-order chi connectivity index (χ0) is 15.1. The Morgan fingerprint density at radius 3 is 2.20 bits per heavy atom. The Morgan fingerprint density at radius 1 is 1.15 bits per heavy atom. The zero-order valence-electron chi connectivity index (χ0n) is 12.2. The summed E-state index contributed by atoms with van der Waals surface area (Å²) in [5.74, 6) is 1.62. The second kappa shape index (κ2) is 7.99. The van der Waals surface area contributed by atoms with Crippen LogP contribution in [-0.2, 0) is 0 Å². The fraction of sp³-hybridized carbons (Fsp3) is 0.500. The number of hydrogen-bond donors (Lipinski definition) is 1. The van der Waals surface area contributed by atoms with Gasteiger partial charge in [0.15, 0.2) is 11.5 Å². The van der Waals surface area contributed by atoms with Crippen LogP contribution in [0.25, 0.3) is 0 Å². The van der Waals surface area contributed by atoms with Crippen molar-refractivity contribution in [2.24, 2.45) is 5.92 Å². The van der Waals surface area contributed by atoms with Gasteiger partial charge >= 0.3 is 0 Å². The van der Waals surface area contributed by atoms with Crippen LogP contribution in [0, 0.1) is 5.92 Å². The number of alkyl halides is 1. The number of nitrogens with one attached hydrogen (secondary N) is 1. The second-order valence-electron chi connectivity index (χ2n) is 4.38. The van der Waals surface area contributed by atoms with Crippen molar-refractivity contribution in [3.8, 4) is 17.2 Å². The number of carbonyl (C=O) groups is 1. The predicted molar refractivity (Wildman–Crippen MR) is 81.4 cm³/mol. The van der Waals surface area contributed by atoms with E-state index in [1.54, 1.807) is 12.1 Å². The Bertz CT molecular complexity index is 465. The number of ether oxygens (including phenoxy) is 3. The quantitative estimate of drug-likeness (QED) is 0.771. The summed E-state index contributed by atoms with van der Waals surface area (Å²) in [5.41, 5.74) is 0.423. The summed E-state index contributed by atoms with van der Waals surface area (Å²) in [6, 6.07) is 3.26. The van der Waals surface area contributed by atoms with E-state index < -0.39 is 0 Å². The highest BCUT2D eigenvalue weighted by Crippen LogP contribution is 2.34. The van der Waals surface area contributed by atoms with Gasteiger partial charge in [0.1, 0.15) is 5.75 Å². The molecule has 0 saturated carbocycles.